The predicted molar refractivity (Wildman–Crippen MR) is 116 cm³/mol. The molecule has 0 aliphatic heterocycles. The fourth-order valence-corrected chi connectivity index (χ4v) is 3.55. The van der Waals surface area contributed by atoms with E-state index >= 15 is 0 Å². The lowest BCUT2D eigenvalue weighted by Crippen LogP contribution is -2.31. The van der Waals surface area contributed by atoms with E-state index in [4.69, 9.17) is 23.2 Å². The highest BCUT2D eigenvalue weighted by atomic mass is 35.5. The second-order valence-electron chi connectivity index (χ2n) is 6.80. The number of alkyl halides is 3. The van der Waals surface area contributed by atoms with Gasteiger partial charge < -0.3 is 0 Å². The molecule has 0 atom stereocenters. The molecule has 0 aromatic heterocycles. The number of sulfonamides is 1. The number of nitrogens with zero attached hydrogens (tertiary/aromatic N) is 2. The number of hydrogen-bond acceptors (Lipinski definition) is 4. The van der Waals surface area contributed by atoms with Gasteiger partial charge in [0.05, 0.1) is 27.1 Å². The van der Waals surface area contributed by atoms with Gasteiger partial charge in [0.2, 0.25) is 0 Å². The normalized spacial score (nSPS) is 12.9. The van der Waals surface area contributed by atoms with Gasteiger partial charge in [-0.3, -0.25) is 9.73 Å². The van der Waals surface area contributed by atoms with Gasteiger partial charge in [-0.25, -0.2) is 0 Å². The lowest BCUT2D eigenvalue weighted by atomic mass is 10.1. The lowest BCUT2D eigenvalue weighted by Gasteiger charge is -2.26. The minimum atomic E-state index is -5.59. The second-order valence-corrected chi connectivity index (χ2v) is 9.26. The maximum Gasteiger partial charge on any atom is 0.516 e. The van der Waals surface area contributed by atoms with E-state index in [1.165, 1.54) is 12.1 Å². The summed E-state index contributed by atoms with van der Waals surface area (Å²) in [4.78, 5) is 0. The zero-order valence-corrected chi connectivity index (χ0v) is 18.9. The summed E-state index contributed by atoms with van der Waals surface area (Å²) < 4.78 is 63.3. The Bertz CT molecular complexity index is 1070. The number of hydrogen-bond donors (Lipinski definition) is 1. The Hall–Kier alpha value is -1.97. The number of hydrazone groups is 1. The summed E-state index contributed by atoms with van der Waals surface area (Å²) in [5, 5.41) is 6.66. The van der Waals surface area contributed by atoms with Crippen LogP contribution in [0.25, 0.3) is 0 Å². The fraction of sp³-hybridized carbons (Fsp3) is 0.316. The van der Waals surface area contributed by atoms with Crippen LogP contribution < -0.4 is 9.73 Å². The lowest BCUT2D eigenvalue weighted by molar-refractivity contribution is -0.0429. The van der Waals surface area contributed by atoms with Crippen molar-refractivity contribution < 1.29 is 21.6 Å². The molecular weight excluding hydrogens is 462 g/mol. The van der Waals surface area contributed by atoms with Crippen molar-refractivity contribution in [3.63, 3.8) is 0 Å². The summed E-state index contributed by atoms with van der Waals surface area (Å²) in [6.45, 7) is 6.98. The molecule has 2 rings (SSSR count). The van der Waals surface area contributed by atoms with Crippen molar-refractivity contribution in [3.05, 3.63) is 57.6 Å². The van der Waals surface area contributed by atoms with E-state index in [0.717, 1.165) is 0 Å². The molecule has 2 aromatic rings. The molecule has 0 aliphatic carbocycles. The van der Waals surface area contributed by atoms with Crippen LogP contribution in [0.5, 0.6) is 0 Å². The third-order valence-corrected chi connectivity index (χ3v) is 5.95. The Morgan fingerprint density at radius 3 is 2.37 bits per heavy atom. The van der Waals surface area contributed by atoms with Gasteiger partial charge in [-0.15, -0.1) is 0 Å². The minimum absolute atomic E-state index is 0.184. The molecule has 0 saturated carbocycles. The Balaban J connectivity index is 2.58. The van der Waals surface area contributed by atoms with Crippen molar-refractivity contribution >= 4 is 50.3 Å². The van der Waals surface area contributed by atoms with E-state index in [1.54, 1.807) is 47.8 Å². The van der Waals surface area contributed by atoms with Crippen LogP contribution in [0, 0.1) is 6.92 Å². The van der Waals surface area contributed by atoms with E-state index in [2.05, 4.69) is 5.10 Å². The number of rotatable bonds is 6. The minimum Gasteiger partial charge on any atom is -0.275 e. The molecule has 1 N–H and O–H groups in total. The summed E-state index contributed by atoms with van der Waals surface area (Å²) in [5.74, 6) is 0. The van der Waals surface area contributed by atoms with Gasteiger partial charge in [0, 0.05) is 11.6 Å². The van der Waals surface area contributed by atoms with Gasteiger partial charge in [0.1, 0.15) is 0 Å². The number of anilines is 2. The molecular formula is C19H20Cl2F3N3O2S. The van der Waals surface area contributed by atoms with Gasteiger partial charge in [-0.2, -0.15) is 26.7 Å². The van der Waals surface area contributed by atoms with Crippen molar-refractivity contribution in [2.75, 3.05) is 9.73 Å². The van der Waals surface area contributed by atoms with Gasteiger partial charge >= 0.3 is 15.5 Å². The molecule has 0 heterocycles. The molecule has 0 amide bonds. The Morgan fingerprint density at radius 1 is 1.17 bits per heavy atom. The van der Waals surface area contributed by atoms with Crippen molar-refractivity contribution in [1.29, 1.82) is 0 Å². The van der Waals surface area contributed by atoms with Gasteiger partial charge in [0.15, 0.2) is 0 Å². The average molecular weight is 482 g/mol. The standard InChI is InChI=1S/C19H20Cl2F3N3O2S/c1-11(2)27(17-7-5-6-15(20)18(17)21)25-13(4)14-10-12(3)8-9-16(14)26-30(28,29)19(22,23)24/h5-11,26H,1-4H3/b25-13+. The fourth-order valence-electron chi connectivity index (χ4n) is 2.58. The van der Waals surface area contributed by atoms with Crippen LogP contribution in [0.4, 0.5) is 24.5 Å². The summed E-state index contributed by atoms with van der Waals surface area (Å²) in [6.07, 6.45) is 0. The third kappa shape index (κ3) is 5.39. The molecule has 5 nitrogen and oxygen atoms in total. The third-order valence-electron chi connectivity index (χ3n) is 4.04. The van der Waals surface area contributed by atoms with E-state index in [0.29, 0.717) is 16.3 Å². The van der Waals surface area contributed by atoms with Gasteiger partial charge in [-0.05, 0) is 52.0 Å². The first-order valence-corrected chi connectivity index (χ1v) is 11.0. The Morgan fingerprint density at radius 2 is 1.80 bits per heavy atom. The zero-order chi connectivity index (χ0) is 22.9. The highest BCUT2D eigenvalue weighted by Gasteiger charge is 2.46. The van der Waals surface area contributed by atoms with Crippen molar-refractivity contribution in [2.24, 2.45) is 5.10 Å². The van der Waals surface area contributed by atoms with Crippen LogP contribution in [0.1, 0.15) is 31.9 Å². The summed E-state index contributed by atoms with van der Waals surface area (Å²) >= 11 is 12.4. The topological polar surface area (TPSA) is 61.8 Å². The monoisotopic (exact) mass is 481 g/mol. The van der Waals surface area contributed by atoms with Crippen LogP contribution in [0.2, 0.25) is 10.0 Å². The molecule has 0 radical (unpaired) electrons. The molecule has 0 bridgehead atoms. The quantitative estimate of drug-likeness (QED) is 0.394. The van der Waals surface area contributed by atoms with Gasteiger partial charge in [-0.1, -0.05) is 40.9 Å². The SMILES string of the molecule is C/C(=N\N(c1cccc(Cl)c1Cl)C(C)C)c1cc(C)ccc1NS(=O)(=O)C(F)(F)F. The first-order valence-electron chi connectivity index (χ1n) is 8.73. The zero-order valence-electron chi connectivity index (χ0n) is 16.6. The Labute approximate surface area is 183 Å². The maximum absolute atomic E-state index is 12.8. The van der Waals surface area contributed by atoms with E-state index in [1.807, 2.05) is 13.8 Å². The highest BCUT2D eigenvalue weighted by Crippen LogP contribution is 2.34. The molecule has 0 saturated heterocycles. The van der Waals surface area contributed by atoms with Crippen LogP contribution in [-0.2, 0) is 10.0 Å². The second kappa shape index (κ2) is 9.03. The molecule has 30 heavy (non-hydrogen) atoms. The van der Waals surface area contributed by atoms with Crippen molar-refractivity contribution in [1.82, 2.24) is 0 Å². The maximum atomic E-state index is 12.8. The summed E-state index contributed by atoms with van der Waals surface area (Å²) in [6, 6.07) is 9.14. The van der Waals surface area contributed by atoms with E-state index in [-0.39, 0.29) is 28.0 Å². The highest BCUT2D eigenvalue weighted by molar-refractivity contribution is 7.93. The number of nitrogens with one attached hydrogen (secondary N) is 1. The van der Waals surface area contributed by atoms with Crippen LogP contribution >= 0.6 is 23.2 Å². The first-order chi connectivity index (χ1) is 13.7. The van der Waals surface area contributed by atoms with Gasteiger partial charge in [0.25, 0.3) is 0 Å². The average Bonchev–Trinajstić information content (AvgIpc) is 2.62. The summed E-state index contributed by atoms with van der Waals surface area (Å²) in [7, 11) is -5.59. The Kier molecular flexibility index (Phi) is 7.32. The van der Waals surface area contributed by atoms with Crippen LogP contribution in [-0.4, -0.2) is 25.7 Å². The molecule has 0 fully saturated rings. The molecule has 0 spiro atoms. The summed E-state index contributed by atoms with van der Waals surface area (Å²) in [5.41, 5.74) is -3.98. The van der Waals surface area contributed by atoms with Crippen molar-refractivity contribution in [3.8, 4) is 0 Å². The molecule has 11 heteroatoms. The molecule has 164 valence electrons. The number of benzene rings is 2. The van der Waals surface area contributed by atoms with Crippen molar-refractivity contribution in [2.45, 2.75) is 39.2 Å². The first kappa shape index (κ1) is 24.3. The predicted octanol–water partition coefficient (Wildman–Crippen LogP) is 6.20. The van der Waals surface area contributed by atoms with Crippen LogP contribution in [0.15, 0.2) is 41.5 Å². The largest absolute Gasteiger partial charge is 0.516 e. The molecule has 0 unspecified atom stereocenters. The molecule has 2 aromatic carbocycles. The van der Waals surface area contributed by atoms with E-state index < -0.39 is 15.5 Å². The number of aryl methyl sites for hydroxylation is 1. The molecule has 0 aliphatic rings. The smallest absolute Gasteiger partial charge is 0.275 e. The van der Waals surface area contributed by atoms with E-state index in [9.17, 15) is 21.6 Å². The number of halogens is 5. The van der Waals surface area contributed by atoms with Crippen LogP contribution in [0.3, 0.4) is 0 Å².